The van der Waals surface area contributed by atoms with Crippen molar-refractivity contribution in [3.05, 3.63) is 89.0 Å². The van der Waals surface area contributed by atoms with Crippen LogP contribution >= 0.6 is 0 Å². The van der Waals surface area contributed by atoms with Crippen molar-refractivity contribution in [1.29, 1.82) is 0 Å². The molecule has 0 spiro atoms. The molecule has 0 unspecified atom stereocenters. The van der Waals surface area contributed by atoms with Crippen LogP contribution in [0.15, 0.2) is 77.0 Å². The molecule has 0 heterocycles. The Kier molecular flexibility index (Phi) is 3.47. The van der Waals surface area contributed by atoms with Gasteiger partial charge in [-0.15, -0.1) is 0 Å². The molecule has 0 saturated heterocycles. The number of carbonyl (C=O) groups excluding carboxylic acids is 2. The Morgan fingerprint density at radius 1 is 0.600 bits per heavy atom. The van der Waals surface area contributed by atoms with Crippen molar-refractivity contribution in [2.75, 3.05) is 0 Å². The second-order valence-corrected chi connectivity index (χ2v) is 5.65. The second-order valence-electron chi connectivity index (χ2n) is 5.65. The molecule has 120 valence electrons. The van der Waals surface area contributed by atoms with Gasteiger partial charge in [-0.1, -0.05) is 24.3 Å². The smallest absolute Gasteiger partial charge is 0.194 e. The molecule has 0 fully saturated rings. The van der Waals surface area contributed by atoms with Gasteiger partial charge in [0.15, 0.2) is 11.6 Å². The average molecular weight is 328 g/mol. The zero-order chi connectivity index (χ0) is 17.4. The van der Waals surface area contributed by atoms with Crippen molar-refractivity contribution < 1.29 is 14.7 Å². The minimum absolute atomic E-state index is 0.149. The van der Waals surface area contributed by atoms with Gasteiger partial charge in [0.05, 0.1) is 11.4 Å². The number of carbonyl (C=O) groups is 2. The molecule has 1 N–H and O–H groups in total. The zero-order valence-electron chi connectivity index (χ0n) is 13.0. The summed E-state index contributed by atoms with van der Waals surface area (Å²) in [6.45, 7) is 0. The van der Waals surface area contributed by atoms with Gasteiger partial charge in [-0.3, -0.25) is 9.59 Å². The quantitative estimate of drug-likeness (QED) is 0.547. The average Bonchev–Trinajstić information content (AvgIpc) is 2.65. The van der Waals surface area contributed by atoms with Crippen molar-refractivity contribution in [3.63, 3.8) is 0 Å². The van der Waals surface area contributed by atoms with Crippen LogP contribution in [0.5, 0.6) is 5.75 Å². The highest BCUT2D eigenvalue weighted by Gasteiger charge is 2.29. The van der Waals surface area contributed by atoms with Crippen LogP contribution in [-0.4, -0.2) is 16.7 Å². The van der Waals surface area contributed by atoms with Crippen molar-refractivity contribution in [2.45, 2.75) is 0 Å². The van der Waals surface area contributed by atoms with Gasteiger partial charge >= 0.3 is 0 Å². The Hall–Kier alpha value is -3.60. The number of fused-ring (bicyclic) bond motifs is 2. The summed E-state index contributed by atoms with van der Waals surface area (Å²) >= 11 is 0. The monoisotopic (exact) mass is 328 g/mol. The van der Waals surface area contributed by atoms with Gasteiger partial charge in [0.2, 0.25) is 0 Å². The first-order valence-electron chi connectivity index (χ1n) is 7.67. The maximum Gasteiger partial charge on any atom is 0.194 e. The summed E-state index contributed by atoms with van der Waals surface area (Å²) in [6, 6.07) is 17.9. The van der Waals surface area contributed by atoms with E-state index in [1.54, 1.807) is 54.6 Å². The van der Waals surface area contributed by atoms with E-state index in [4.69, 9.17) is 0 Å². The lowest BCUT2D eigenvalue weighted by Crippen LogP contribution is -2.20. The number of benzene rings is 3. The maximum absolute atomic E-state index is 12.7. The molecule has 3 aromatic carbocycles. The number of hydrogen-bond donors (Lipinski definition) is 1. The van der Waals surface area contributed by atoms with Crippen LogP contribution in [0.1, 0.15) is 31.8 Å². The second kappa shape index (κ2) is 5.79. The lowest BCUT2D eigenvalue weighted by atomic mass is 9.84. The molecule has 1 aliphatic rings. The molecule has 0 aromatic heterocycles. The third kappa shape index (κ3) is 2.61. The molecule has 0 aliphatic heterocycles. The number of azo groups is 1. The van der Waals surface area contributed by atoms with Crippen molar-refractivity contribution in [1.82, 2.24) is 0 Å². The molecule has 3 aromatic rings. The van der Waals surface area contributed by atoms with E-state index in [1.807, 2.05) is 0 Å². The van der Waals surface area contributed by atoms with Gasteiger partial charge in [0, 0.05) is 22.3 Å². The van der Waals surface area contributed by atoms with Gasteiger partial charge in [-0.2, -0.15) is 10.2 Å². The zero-order valence-corrected chi connectivity index (χ0v) is 13.0. The van der Waals surface area contributed by atoms with Gasteiger partial charge in [0.25, 0.3) is 0 Å². The number of hydrogen-bond acceptors (Lipinski definition) is 5. The molecule has 1 aliphatic carbocycles. The first-order valence-corrected chi connectivity index (χ1v) is 7.67. The topological polar surface area (TPSA) is 79.1 Å². The fourth-order valence-electron chi connectivity index (χ4n) is 2.78. The van der Waals surface area contributed by atoms with E-state index >= 15 is 0 Å². The molecule has 0 radical (unpaired) electrons. The summed E-state index contributed by atoms with van der Waals surface area (Å²) in [5.41, 5.74) is 2.61. The summed E-state index contributed by atoms with van der Waals surface area (Å²) in [7, 11) is 0. The molecular weight excluding hydrogens is 316 g/mol. The Balaban J connectivity index is 1.71. The highest BCUT2D eigenvalue weighted by Crippen LogP contribution is 2.30. The molecule has 5 heteroatoms. The summed E-state index contributed by atoms with van der Waals surface area (Å²) < 4.78 is 0. The first-order chi connectivity index (χ1) is 12.1. The molecule has 4 rings (SSSR count). The van der Waals surface area contributed by atoms with E-state index < -0.39 is 0 Å². The summed E-state index contributed by atoms with van der Waals surface area (Å²) in [5, 5.41) is 17.4. The van der Waals surface area contributed by atoms with E-state index in [1.165, 1.54) is 12.1 Å². The van der Waals surface area contributed by atoms with Crippen molar-refractivity contribution in [3.8, 4) is 5.75 Å². The summed E-state index contributed by atoms with van der Waals surface area (Å²) in [5.74, 6) is -0.199. The molecule has 0 atom stereocenters. The van der Waals surface area contributed by atoms with E-state index in [-0.39, 0.29) is 17.3 Å². The number of aromatic hydroxyl groups is 1. The van der Waals surface area contributed by atoms with E-state index in [2.05, 4.69) is 10.2 Å². The fraction of sp³-hybridized carbons (Fsp3) is 0. The molecule has 25 heavy (non-hydrogen) atoms. The lowest BCUT2D eigenvalue weighted by Gasteiger charge is -2.17. The van der Waals surface area contributed by atoms with Gasteiger partial charge in [-0.25, -0.2) is 0 Å². The number of rotatable bonds is 2. The summed E-state index contributed by atoms with van der Waals surface area (Å²) in [4.78, 5) is 25.2. The normalized spacial score (nSPS) is 13.0. The number of phenols is 1. The molecular formula is C20H12N2O3. The van der Waals surface area contributed by atoms with Crippen LogP contribution in [0.25, 0.3) is 0 Å². The van der Waals surface area contributed by atoms with E-state index in [0.717, 1.165) is 0 Å². The van der Waals surface area contributed by atoms with E-state index in [0.29, 0.717) is 33.6 Å². The third-order valence-corrected chi connectivity index (χ3v) is 4.04. The van der Waals surface area contributed by atoms with Crippen LogP contribution in [0.2, 0.25) is 0 Å². The Morgan fingerprint density at radius 2 is 1.12 bits per heavy atom. The number of phenolic OH excluding ortho intramolecular Hbond substituents is 1. The van der Waals surface area contributed by atoms with Crippen molar-refractivity contribution in [2.24, 2.45) is 10.2 Å². The van der Waals surface area contributed by atoms with Crippen LogP contribution in [0, 0.1) is 0 Å². The number of ketones is 2. The largest absolute Gasteiger partial charge is 0.508 e. The lowest BCUT2D eigenvalue weighted by molar-refractivity contribution is 0.0979. The molecule has 0 amide bonds. The predicted octanol–water partition coefficient (Wildman–Crippen LogP) is 4.58. The highest BCUT2D eigenvalue weighted by atomic mass is 16.3. The van der Waals surface area contributed by atoms with Gasteiger partial charge < -0.3 is 5.11 Å². The minimum atomic E-state index is -0.188. The summed E-state index contributed by atoms with van der Waals surface area (Å²) in [6.07, 6.45) is 0. The molecule has 0 saturated carbocycles. The van der Waals surface area contributed by atoms with Crippen LogP contribution < -0.4 is 0 Å². The van der Waals surface area contributed by atoms with Crippen LogP contribution in [-0.2, 0) is 0 Å². The third-order valence-electron chi connectivity index (χ3n) is 4.04. The van der Waals surface area contributed by atoms with Crippen LogP contribution in [0.4, 0.5) is 11.4 Å². The molecule has 0 bridgehead atoms. The van der Waals surface area contributed by atoms with Gasteiger partial charge in [0.1, 0.15) is 5.75 Å². The maximum atomic E-state index is 12.7. The SMILES string of the molecule is O=C1c2ccccc2C(=O)c2cc(N=Nc3ccc(O)cc3)ccc21. The Morgan fingerprint density at radius 3 is 1.80 bits per heavy atom. The number of nitrogens with zero attached hydrogens (tertiary/aromatic N) is 2. The highest BCUT2D eigenvalue weighted by molar-refractivity contribution is 6.28. The minimum Gasteiger partial charge on any atom is -0.508 e. The first kappa shape index (κ1) is 15.0. The molecule has 5 nitrogen and oxygen atoms in total. The Labute approximate surface area is 143 Å². The van der Waals surface area contributed by atoms with E-state index in [9.17, 15) is 14.7 Å². The Bertz CT molecular complexity index is 1040. The standard InChI is InChI=1S/C20H12N2O3/c23-14-8-5-12(6-9-14)21-22-13-7-10-17-18(11-13)20(25)16-4-2-1-3-15(16)19(17)24/h1-11,23H. The predicted molar refractivity (Wildman–Crippen MR) is 92.0 cm³/mol. The fourth-order valence-corrected chi connectivity index (χ4v) is 2.78. The van der Waals surface area contributed by atoms with Crippen molar-refractivity contribution >= 4 is 22.9 Å². The van der Waals surface area contributed by atoms with Gasteiger partial charge in [-0.05, 0) is 42.5 Å². The van der Waals surface area contributed by atoms with Crippen LogP contribution in [0.3, 0.4) is 0 Å².